The Morgan fingerprint density at radius 1 is 1.53 bits per heavy atom. The van der Waals surface area contributed by atoms with Crippen LogP contribution in [0.2, 0.25) is 0 Å². The number of hydrogen-bond donors (Lipinski definition) is 1. The third-order valence-electron chi connectivity index (χ3n) is 2.57. The van der Waals surface area contributed by atoms with Crippen LogP contribution in [0.3, 0.4) is 0 Å². The third-order valence-corrected chi connectivity index (χ3v) is 3.43. The molecular formula is C11H15N3S. The fourth-order valence-corrected chi connectivity index (χ4v) is 2.35. The summed E-state index contributed by atoms with van der Waals surface area (Å²) in [5.41, 5.74) is 2.36. The van der Waals surface area contributed by atoms with Gasteiger partial charge in [0.1, 0.15) is 5.82 Å². The Morgan fingerprint density at radius 2 is 2.33 bits per heavy atom. The molecule has 0 aliphatic heterocycles. The summed E-state index contributed by atoms with van der Waals surface area (Å²) in [7, 11) is 4.01. The molecule has 0 radical (unpaired) electrons. The van der Waals surface area contributed by atoms with Crippen molar-refractivity contribution in [2.75, 3.05) is 7.05 Å². The number of thiophene rings is 1. The molecule has 80 valence electrons. The summed E-state index contributed by atoms with van der Waals surface area (Å²) in [4.78, 5) is 5.88. The largest absolute Gasteiger partial charge is 0.330 e. The molecule has 2 rings (SSSR count). The zero-order chi connectivity index (χ0) is 10.8. The minimum atomic E-state index is 0.824. The molecule has 0 aliphatic rings. The maximum absolute atomic E-state index is 4.65. The van der Waals surface area contributed by atoms with Gasteiger partial charge in [0.2, 0.25) is 0 Å². The highest BCUT2D eigenvalue weighted by Gasteiger charge is 2.12. The molecule has 0 unspecified atom stereocenters. The lowest BCUT2D eigenvalue weighted by Crippen LogP contribution is -2.07. The van der Waals surface area contributed by atoms with Gasteiger partial charge in [-0.1, -0.05) is 6.07 Å². The highest BCUT2D eigenvalue weighted by molar-refractivity contribution is 7.13. The molecule has 2 aromatic rings. The minimum Gasteiger partial charge on any atom is -0.330 e. The van der Waals surface area contributed by atoms with Gasteiger partial charge >= 0.3 is 0 Å². The third kappa shape index (κ3) is 1.82. The van der Waals surface area contributed by atoms with Crippen molar-refractivity contribution in [2.24, 2.45) is 7.05 Å². The van der Waals surface area contributed by atoms with E-state index in [0.717, 1.165) is 18.1 Å². The van der Waals surface area contributed by atoms with Crippen molar-refractivity contribution < 1.29 is 0 Å². The van der Waals surface area contributed by atoms with E-state index in [-0.39, 0.29) is 0 Å². The molecule has 3 nitrogen and oxygen atoms in total. The first-order valence-corrected chi connectivity index (χ1v) is 5.82. The molecule has 0 amide bonds. The summed E-state index contributed by atoms with van der Waals surface area (Å²) in [6, 6.07) is 4.16. The van der Waals surface area contributed by atoms with Crippen molar-refractivity contribution >= 4 is 11.3 Å². The van der Waals surface area contributed by atoms with Gasteiger partial charge in [-0.05, 0) is 25.4 Å². The lowest BCUT2D eigenvalue weighted by Gasteiger charge is -2.00. The second-order valence-corrected chi connectivity index (χ2v) is 4.48. The van der Waals surface area contributed by atoms with E-state index in [9.17, 15) is 0 Å². The first-order chi connectivity index (χ1) is 7.24. The van der Waals surface area contributed by atoms with Gasteiger partial charge in [-0.25, -0.2) is 4.98 Å². The molecule has 2 aromatic heterocycles. The minimum absolute atomic E-state index is 0.824. The van der Waals surface area contributed by atoms with Crippen LogP contribution in [-0.4, -0.2) is 16.6 Å². The molecule has 2 heterocycles. The fraction of sp³-hybridized carbons (Fsp3) is 0.364. The Kier molecular flexibility index (Phi) is 2.88. The van der Waals surface area contributed by atoms with Crippen molar-refractivity contribution in [3.63, 3.8) is 0 Å². The van der Waals surface area contributed by atoms with Crippen LogP contribution in [0.25, 0.3) is 10.7 Å². The fourth-order valence-electron chi connectivity index (χ4n) is 1.60. The van der Waals surface area contributed by atoms with E-state index >= 15 is 0 Å². The van der Waals surface area contributed by atoms with Gasteiger partial charge in [0, 0.05) is 19.3 Å². The van der Waals surface area contributed by atoms with E-state index in [1.165, 1.54) is 10.6 Å². The second-order valence-electron chi connectivity index (χ2n) is 3.53. The summed E-state index contributed by atoms with van der Waals surface area (Å²) in [6.45, 7) is 2.93. The lowest BCUT2D eigenvalue weighted by molar-refractivity contribution is 0.783. The van der Waals surface area contributed by atoms with Crippen LogP contribution in [0.1, 0.15) is 11.4 Å². The Bertz CT molecular complexity index is 443. The second kappa shape index (κ2) is 4.16. The van der Waals surface area contributed by atoms with E-state index in [1.54, 1.807) is 11.3 Å². The van der Waals surface area contributed by atoms with Gasteiger partial charge < -0.3 is 9.88 Å². The average molecular weight is 221 g/mol. The first-order valence-electron chi connectivity index (χ1n) is 4.94. The van der Waals surface area contributed by atoms with Gasteiger partial charge in [0.15, 0.2) is 0 Å². The van der Waals surface area contributed by atoms with Crippen LogP contribution in [0, 0.1) is 6.92 Å². The molecule has 4 heteroatoms. The summed E-state index contributed by atoms with van der Waals surface area (Å²) < 4.78 is 2.15. The number of nitrogens with one attached hydrogen (secondary N) is 1. The Morgan fingerprint density at radius 3 is 2.93 bits per heavy atom. The number of aromatic nitrogens is 2. The van der Waals surface area contributed by atoms with Crippen LogP contribution in [0.5, 0.6) is 0 Å². The molecule has 0 spiro atoms. The predicted molar refractivity (Wildman–Crippen MR) is 64.0 cm³/mol. The van der Waals surface area contributed by atoms with Crippen molar-refractivity contribution in [1.29, 1.82) is 0 Å². The maximum atomic E-state index is 4.65. The standard InChI is InChI=1S/C11H15N3S/c1-8-9(7-12-2)13-11(14(8)3)10-5-4-6-15-10/h4-6,12H,7H2,1-3H3. The van der Waals surface area contributed by atoms with Gasteiger partial charge in [-0.15, -0.1) is 11.3 Å². The number of nitrogens with zero attached hydrogens (tertiary/aromatic N) is 2. The quantitative estimate of drug-likeness (QED) is 0.861. The summed E-state index contributed by atoms with van der Waals surface area (Å²) in [5, 5.41) is 5.22. The van der Waals surface area contributed by atoms with Crippen molar-refractivity contribution in [1.82, 2.24) is 14.9 Å². The Balaban J connectivity index is 2.45. The van der Waals surface area contributed by atoms with E-state index in [2.05, 4.69) is 46.4 Å². The normalized spacial score (nSPS) is 10.9. The molecule has 0 saturated carbocycles. The van der Waals surface area contributed by atoms with Crippen LogP contribution >= 0.6 is 11.3 Å². The molecule has 0 aromatic carbocycles. The predicted octanol–water partition coefficient (Wildman–Crippen LogP) is 2.18. The Labute approximate surface area is 93.8 Å². The summed E-state index contributed by atoms with van der Waals surface area (Å²) in [6.07, 6.45) is 0. The van der Waals surface area contributed by atoms with Gasteiger partial charge in [-0.3, -0.25) is 0 Å². The van der Waals surface area contributed by atoms with E-state index in [0.29, 0.717) is 0 Å². The van der Waals surface area contributed by atoms with E-state index < -0.39 is 0 Å². The lowest BCUT2D eigenvalue weighted by atomic mass is 10.3. The van der Waals surface area contributed by atoms with Gasteiger partial charge in [0.25, 0.3) is 0 Å². The topological polar surface area (TPSA) is 29.9 Å². The van der Waals surface area contributed by atoms with E-state index in [4.69, 9.17) is 0 Å². The van der Waals surface area contributed by atoms with Crippen molar-refractivity contribution in [3.05, 3.63) is 28.9 Å². The van der Waals surface area contributed by atoms with Crippen molar-refractivity contribution in [3.8, 4) is 10.7 Å². The Hall–Kier alpha value is -1.13. The number of imidazole rings is 1. The molecule has 1 N–H and O–H groups in total. The molecule has 0 atom stereocenters. The zero-order valence-electron chi connectivity index (χ0n) is 9.24. The van der Waals surface area contributed by atoms with Gasteiger partial charge in [0.05, 0.1) is 10.6 Å². The molecular weight excluding hydrogens is 206 g/mol. The molecule has 0 aliphatic carbocycles. The van der Waals surface area contributed by atoms with Crippen molar-refractivity contribution in [2.45, 2.75) is 13.5 Å². The highest BCUT2D eigenvalue weighted by Crippen LogP contribution is 2.25. The SMILES string of the molecule is CNCc1nc(-c2cccs2)n(C)c1C. The van der Waals surface area contributed by atoms with E-state index in [1.807, 2.05) is 7.05 Å². The van der Waals surface area contributed by atoms with Crippen LogP contribution < -0.4 is 5.32 Å². The molecule has 0 fully saturated rings. The summed E-state index contributed by atoms with van der Waals surface area (Å²) in [5.74, 6) is 1.06. The molecule has 15 heavy (non-hydrogen) atoms. The molecule has 0 saturated heterocycles. The van der Waals surface area contributed by atoms with Crippen LogP contribution in [0.4, 0.5) is 0 Å². The highest BCUT2D eigenvalue weighted by atomic mass is 32.1. The van der Waals surface area contributed by atoms with Gasteiger partial charge in [-0.2, -0.15) is 0 Å². The summed E-state index contributed by atoms with van der Waals surface area (Å²) >= 11 is 1.73. The number of rotatable bonds is 3. The average Bonchev–Trinajstić information content (AvgIpc) is 2.82. The first kappa shape index (κ1) is 10.4. The van der Waals surface area contributed by atoms with Crippen LogP contribution in [0.15, 0.2) is 17.5 Å². The van der Waals surface area contributed by atoms with Crippen LogP contribution in [-0.2, 0) is 13.6 Å². The smallest absolute Gasteiger partial charge is 0.150 e. The zero-order valence-corrected chi connectivity index (χ0v) is 10.1. The maximum Gasteiger partial charge on any atom is 0.150 e. The molecule has 0 bridgehead atoms. The number of hydrogen-bond acceptors (Lipinski definition) is 3. The monoisotopic (exact) mass is 221 g/mol.